The fourth-order valence-corrected chi connectivity index (χ4v) is 4.14. The molecule has 1 aliphatic heterocycles. The normalized spacial score (nSPS) is 18.9. The third-order valence-corrected chi connectivity index (χ3v) is 4.88. The van der Waals surface area contributed by atoms with Gasteiger partial charge in [0, 0.05) is 15.4 Å². The Morgan fingerprint density at radius 2 is 2.10 bits per heavy atom. The van der Waals surface area contributed by atoms with Crippen LogP contribution in [0.4, 0.5) is 5.69 Å². The van der Waals surface area contributed by atoms with Gasteiger partial charge < -0.3 is 10.6 Å². The van der Waals surface area contributed by atoms with Crippen molar-refractivity contribution in [1.82, 2.24) is 5.32 Å². The van der Waals surface area contributed by atoms with Gasteiger partial charge in [-0.25, -0.2) is 0 Å². The number of nitrogens with one attached hydrogen (secondary N) is 2. The number of hydrogen-bond acceptors (Lipinski definition) is 2. The average Bonchev–Trinajstić information content (AvgIpc) is 2.42. The maximum absolute atomic E-state index is 12.1. The highest BCUT2D eigenvalue weighted by Crippen LogP contribution is 2.32. The lowest BCUT2D eigenvalue weighted by Gasteiger charge is -2.22. The maximum Gasteiger partial charge on any atom is 0.224 e. The van der Waals surface area contributed by atoms with Crippen LogP contribution in [0.25, 0.3) is 0 Å². The Morgan fingerprint density at radius 3 is 2.70 bits per heavy atom. The maximum atomic E-state index is 12.1. The van der Waals surface area contributed by atoms with Crippen LogP contribution in [0.2, 0.25) is 0 Å². The van der Waals surface area contributed by atoms with Gasteiger partial charge in [-0.1, -0.05) is 0 Å². The van der Waals surface area contributed by atoms with E-state index in [2.05, 4.69) is 42.5 Å². The van der Waals surface area contributed by atoms with E-state index in [4.69, 9.17) is 0 Å². The Morgan fingerprint density at radius 1 is 1.40 bits per heavy atom. The molecule has 110 valence electrons. The molecule has 1 aromatic rings. The largest absolute Gasteiger partial charge is 0.324 e. The SMILES string of the molecule is Cc1cc(Br)c(NC(=O)CCC2CCCNC2)c(Br)c1. The first-order valence-corrected chi connectivity index (χ1v) is 8.61. The van der Waals surface area contributed by atoms with Gasteiger partial charge >= 0.3 is 0 Å². The minimum absolute atomic E-state index is 0.0841. The molecule has 0 bridgehead atoms. The molecular weight excluding hydrogens is 384 g/mol. The van der Waals surface area contributed by atoms with Crippen LogP contribution in [0.1, 0.15) is 31.2 Å². The molecule has 1 amide bonds. The van der Waals surface area contributed by atoms with Crippen molar-refractivity contribution in [3.05, 3.63) is 26.6 Å². The van der Waals surface area contributed by atoms with Crippen molar-refractivity contribution in [2.45, 2.75) is 32.6 Å². The molecule has 1 unspecified atom stereocenters. The van der Waals surface area contributed by atoms with Gasteiger partial charge in [-0.2, -0.15) is 0 Å². The number of benzene rings is 1. The van der Waals surface area contributed by atoms with E-state index in [0.29, 0.717) is 12.3 Å². The Labute approximate surface area is 137 Å². The number of anilines is 1. The standard InChI is InChI=1S/C15H20Br2N2O/c1-10-7-12(16)15(13(17)8-10)19-14(20)5-4-11-3-2-6-18-9-11/h7-8,11,18H,2-6,9H2,1H3,(H,19,20). The van der Waals surface area contributed by atoms with Crippen molar-refractivity contribution in [2.75, 3.05) is 18.4 Å². The molecule has 0 radical (unpaired) electrons. The van der Waals surface area contributed by atoms with Gasteiger partial charge in [0.1, 0.15) is 0 Å². The van der Waals surface area contributed by atoms with Crippen LogP contribution in [0, 0.1) is 12.8 Å². The Kier molecular flexibility index (Phi) is 6.05. The lowest BCUT2D eigenvalue weighted by atomic mass is 9.94. The van der Waals surface area contributed by atoms with Crippen molar-refractivity contribution < 1.29 is 4.79 Å². The lowest BCUT2D eigenvalue weighted by molar-refractivity contribution is -0.116. The molecule has 3 nitrogen and oxygen atoms in total. The number of amides is 1. The van der Waals surface area contributed by atoms with Crippen molar-refractivity contribution >= 4 is 43.5 Å². The monoisotopic (exact) mass is 402 g/mol. The topological polar surface area (TPSA) is 41.1 Å². The molecule has 1 atom stereocenters. The van der Waals surface area contributed by atoms with Crippen LogP contribution in [-0.4, -0.2) is 19.0 Å². The van der Waals surface area contributed by atoms with Gasteiger partial charge in [-0.05, 0) is 94.7 Å². The predicted molar refractivity (Wildman–Crippen MR) is 90.0 cm³/mol. The molecule has 1 heterocycles. The number of halogens is 2. The molecular formula is C15H20Br2N2O. The molecule has 0 aromatic heterocycles. The van der Waals surface area contributed by atoms with Gasteiger partial charge in [0.05, 0.1) is 5.69 Å². The predicted octanol–water partition coefficient (Wildman–Crippen LogP) is 4.24. The number of carbonyl (C=O) groups is 1. The van der Waals surface area contributed by atoms with Gasteiger partial charge in [-0.3, -0.25) is 4.79 Å². The van der Waals surface area contributed by atoms with Crippen molar-refractivity contribution in [3.63, 3.8) is 0 Å². The second kappa shape index (κ2) is 7.57. The summed E-state index contributed by atoms with van der Waals surface area (Å²) in [6, 6.07) is 4.01. The Balaban J connectivity index is 1.88. The molecule has 2 rings (SSSR count). The average molecular weight is 404 g/mol. The number of piperidine rings is 1. The third-order valence-electron chi connectivity index (χ3n) is 3.63. The zero-order valence-corrected chi connectivity index (χ0v) is 14.8. The molecule has 20 heavy (non-hydrogen) atoms. The van der Waals surface area contributed by atoms with E-state index in [0.717, 1.165) is 39.7 Å². The van der Waals surface area contributed by atoms with Crippen molar-refractivity contribution in [3.8, 4) is 0 Å². The fourth-order valence-electron chi connectivity index (χ4n) is 2.53. The van der Waals surface area contributed by atoms with E-state index in [1.165, 1.54) is 12.8 Å². The molecule has 1 fully saturated rings. The highest BCUT2D eigenvalue weighted by Gasteiger charge is 2.15. The first-order valence-electron chi connectivity index (χ1n) is 7.02. The third kappa shape index (κ3) is 4.57. The summed E-state index contributed by atoms with van der Waals surface area (Å²) in [5.74, 6) is 0.722. The summed E-state index contributed by atoms with van der Waals surface area (Å²) in [4.78, 5) is 12.1. The fraction of sp³-hybridized carbons (Fsp3) is 0.533. The molecule has 5 heteroatoms. The summed E-state index contributed by atoms with van der Waals surface area (Å²) in [7, 11) is 0. The molecule has 2 N–H and O–H groups in total. The molecule has 0 spiro atoms. The minimum atomic E-state index is 0.0841. The smallest absolute Gasteiger partial charge is 0.224 e. The summed E-state index contributed by atoms with van der Waals surface area (Å²) in [6.07, 6.45) is 4.00. The van der Waals surface area contributed by atoms with Crippen LogP contribution in [0.15, 0.2) is 21.1 Å². The summed E-state index contributed by atoms with van der Waals surface area (Å²) < 4.78 is 1.83. The van der Waals surface area contributed by atoms with Gasteiger partial charge in [0.25, 0.3) is 0 Å². The zero-order valence-electron chi connectivity index (χ0n) is 11.6. The number of rotatable bonds is 4. The minimum Gasteiger partial charge on any atom is -0.324 e. The number of aryl methyl sites for hydroxylation is 1. The van der Waals surface area contributed by atoms with E-state index in [9.17, 15) is 4.79 Å². The van der Waals surface area contributed by atoms with Gasteiger partial charge in [0.2, 0.25) is 5.91 Å². The first-order chi connectivity index (χ1) is 9.56. The Bertz CT molecular complexity index is 462. The lowest BCUT2D eigenvalue weighted by Crippen LogP contribution is -2.30. The van der Waals surface area contributed by atoms with Crippen LogP contribution >= 0.6 is 31.9 Å². The van der Waals surface area contributed by atoms with Gasteiger partial charge in [0.15, 0.2) is 0 Å². The van der Waals surface area contributed by atoms with E-state index >= 15 is 0 Å². The zero-order chi connectivity index (χ0) is 14.5. The van der Waals surface area contributed by atoms with Crippen LogP contribution in [0.5, 0.6) is 0 Å². The summed E-state index contributed by atoms with van der Waals surface area (Å²) in [5.41, 5.74) is 1.97. The first kappa shape index (κ1) is 16.0. The second-order valence-electron chi connectivity index (χ2n) is 5.40. The van der Waals surface area contributed by atoms with Crippen LogP contribution in [-0.2, 0) is 4.79 Å². The van der Waals surface area contributed by atoms with E-state index < -0.39 is 0 Å². The van der Waals surface area contributed by atoms with Crippen molar-refractivity contribution in [1.29, 1.82) is 0 Å². The van der Waals surface area contributed by atoms with E-state index in [1.807, 2.05) is 19.1 Å². The second-order valence-corrected chi connectivity index (χ2v) is 7.11. The van der Waals surface area contributed by atoms with Crippen LogP contribution < -0.4 is 10.6 Å². The summed E-state index contributed by atoms with van der Waals surface area (Å²) >= 11 is 7.00. The van der Waals surface area contributed by atoms with Crippen LogP contribution in [0.3, 0.4) is 0 Å². The molecule has 1 saturated heterocycles. The van der Waals surface area contributed by atoms with E-state index in [-0.39, 0.29) is 5.91 Å². The van der Waals surface area contributed by atoms with Crippen molar-refractivity contribution in [2.24, 2.45) is 5.92 Å². The molecule has 1 aromatic carbocycles. The Hall–Kier alpha value is -0.390. The number of hydrogen-bond donors (Lipinski definition) is 2. The molecule has 0 saturated carbocycles. The van der Waals surface area contributed by atoms with E-state index in [1.54, 1.807) is 0 Å². The summed E-state index contributed by atoms with van der Waals surface area (Å²) in [6.45, 7) is 4.19. The number of carbonyl (C=O) groups excluding carboxylic acids is 1. The van der Waals surface area contributed by atoms with Gasteiger partial charge in [-0.15, -0.1) is 0 Å². The highest BCUT2D eigenvalue weighted by atomic mass is 79.9. The summed E-state index contributed by atoms with van der Waals surface area (Å²) in [5, 5.41) is 6.38. The molecule has 1 aliphatic rings. The quantitative estimate of drug-likeness (QED) is 0.789. The highest BCUT2D eigenvalue weighted by molar-refractivity contribution is 9.11. The molecule has 0 aliphatic carbocycles.